The van der Waals surface area contributed by atoms with Gasteiger partial charge < -0.3 is 10.1 Å². The van der Waals surface area contributed by atoms with Crippen LogP contribution < -0.4 is 5.32 Å². The van der Waals surface area contributed by atoms with Crippen molar-refractivity contribution >= 4 is 17.6 Å². The number of amides is 1. The highest BCUT2D eigenvalue weighted by Gasteiger charge is 2.17. The second kappa shape index (κ2) is 8.37. The summed E-state index contributed by atoms with van der Waals surface area (Å²) in [5, 5.41) is 7.46. The molecule has 0 unspecified atom stereocenters. The maximum atomic E-state index is 12.6. The molecule has 1 heterocycles. The van der Waals surface area contributed by atoms with E-state index in [1.54, 1.807) is 6.07 Å². The summed E-state index contributed by atoms with van der Waals surface area (Å²) in [6.07, 6.45) is 0.246. The molecule has 1 N–H and O–H groups in total. The minimum Gasteiger partial charge on any atom is -0.465 e. The third-order valence-electron chi connectivity index (χ3n) is 4.76. The van der Waals surface area contributed by atoms with Gasteiger partial charge in [-0.05, 0) is 56.9 Å². The lowest BCUT2D eigenvalue weighted by molar-refractivity contribution is -0.115. The Bertz CT molecular complexity index is 866. The van der Waals surface area contributed by atoms with Crippen LogP contribution in [0, 0.1) is 33.6 Å². The van der Waals surface area contributed by atoms with Crippen LogP contribution in [0.15, 0.2) is 12.1 Å². The number of carbonyl (C=O) groups is 2. The van der Waals surface area contributed by atoms with Gasteiger partial charge in [0, 0.05) is 23.5 Å². The zero-order chi connectivity index (χ0) is 20.3. The normalized spacial score (nSPS) is 11.0. The van der Waals surface area contributed by atoms with Crippen LogP contribution in [-0.4, -0.2) is 28.8 Å². The molecular weight excluding hydrogens is 342 g/mol. The lowest BCUT2D eigenvalue weighted by Crippen LogP contribution is -2.17. The van der Waals surface area contributed by atoms with Gasteiger partial charge in [-0.2, -0.15) is 5.10 Å². The first-order valence-corrected chi connectivity index (χ1v) is 9.16. The van der Waals surface area contributed by atoms with Gasteiger partial charge in [0.05, 0.1) is 24.8 Å². The largest absolute Gasteiger partial charge is 0.465 e. The van der Waals surface area contributed by atoms with Gasteiger partial charge in [-0.25, -0.2) is 4.79 Å². The number of carbonyl (C=O) groups excluding carboxylic acids is 2. The van der Waals surface area contributed by atoms with E-state index in [9.17, 15) is 9.59 Å². The van der Waals surface area contributed by atoms with Crippen molar-refractivity contribution in [2.24, 2.45) is 5.92 Å². The second-order valence-corrected chi connectivity index (χ2v) is 7.41. The van der Waals surface area contributed by atoms with Crippen LogP contribution in [0.4, 0.5) is 5.69 Å². The van der Waals surface area contributed by atoms with Crippen LogP contribution >= 0.6 is 0 Å². The maximum absolute atomic E-state index is 12.6. The van der Waals surface area contributed by atoms with E-state index < -0.39 is 5.97 Å². The molecule has 2 rings (SSSR count). The fraction of sp³-hybridized carbons (Fsp3) is 0.476. The van der Waals surface area contributed by atoms with Crippen LogP contribution in [-0.2, 0) is 22.5 Å². The van der Waals surface area contributed by atoms with Crippen molar-refractivity contribution < 1.29 is 14.3 Å². The highest BCUT2D eigenvalue weighted by atomic mass is 16.5. The number of ether oxygens (including phenoxy) is 1. The molecule has 27 heavy (non-hydrogen) atoms. The van der Waals surface area contributed by atoms with E-state index in [0.29, 0.717) is 17.2 Å². The van der Waals surface area contributed by atoms with Crippen molar-refractivity contribution in [1.82, 2.24) is 9.78 Å². The summed E-state index contributed by atoms with van der Waals surface area (Å²) >= 11 is 0. The Morgan fingerprint density at radius 1 is 1.19 bits per heavy atom. The predicted molar refractivity (Wildman–Crippen MR) is 106 cm³/mol. The fourth-order valence-electron chi connectivity index (χ4n) is 3.13. The summed E-state index contributed by atoms with van der Waals surface area (Å²) < 4.78 is 6.80. The van der Waals surface area contributed by atoms with Crippen LogP contribution in [0.5, 0.6) is 0 Å². The van der Waals surface area contributed by atoms with E-state index >= 15 is 0 Å². The van der Waals surface area contributed by atoms with Gasteiger partial charge >= 0.3 is 5.97 Å². The summed E-state index contributed by atoms with van der Waals surface area (Å²) in [6.45, 7) is 12.8. The maximum Gasteiger partial charge on any atom is 0.338 e. The number of benzene rings is 1. The van der Waals surface area contributed by atoms with Gasteiger partial charge in [-0.15, -0.1) is 0 Å². The smallest absolute Gasteiger partial charge is 0.338 e. The molecule has 0 aliphatic carbocycles. The highest BCUT2D eigenvalue weighted by Crippen LogP contribution is 2.22. The molecule has 0 fully saturated rings. The number of nitrogens with zero attached hydrogens (tertiary/aromatic N) is 2. The van der Waals surface area contributed by atoms with Gasteiger partial charge in [-0.1, -0.05) is 13.8 Å². The topological polar surface area (TPSA) is 73.2 Å². The molecule has 0 atom stereocenters. The first kappa shape index (κ1) is 20.7. The molecule has 0 aliphatic heterocycles. The highest BCUT2D eigenvalue weighted by molar-refractivity contribution is 5.96. The van der Waals surface area contributed by atoms with Crippen molar-refractivity contribution in [3.63, 3.8) is 0 Å². The number of anilines is 1. The third-order valence-corrected chi connectivity index (χ3v) is 4.76. The van der Waals surface area contributed by atoms with E-state index in [-0.39, 0.29) is 12.3 Å². The number of methoxy groups -OCH3 is 1. The van der Waals surface area contributed by atoms with E-state index in [1.807, 2.05) is 38.4 Å². The number of aromatic nitrogens is 2. The van der Waals surface area contributed by atoms with E-state index in [2.05, 4.69) is 24.3 Å². The zero-order valence-corrected chi connectivity index (χ0v) is 17.3. The Labute approximate surface area is 160 Å². The summed E-state index contributed by atoms with van der Waals surface area (Å²) in [7, 11) is 1.35. The standard InChI is InChI=1S/C21H29N3O3/c1-12(2)11-24-16(6)19(15(5)23-24)10-20(25)22-17-8-13(3)14(4)18(9-17)21(26)27-7/h8-9,12H,10-11H2,1-7H3,(H,22,25). The molecule has 1 aromatic carbocycles. The lowest BCUT2D eigenvalue weighted by atomic mass is 10.0. The average Bonchev–Trinajstić information content (AvgIpc) is 2.84. The molecule has 0 bridgehead atoms. The third kappa shape index (κ3) is 4.76. The Morgan fingerprint density at radius 2 is 1.85 bits per heavy atom. The quantitative estimate of drug-likeness (QED) is 0.785. The van der Waals surface area contributed by atoms with Crippen molar-refractivity contribution in [2.45, 2.75) is 54.5 Å². The first-order valence-electron chi connectivity index (χ1n) is 9.16. The molecule has 0 aliphatic rings. The molecule has 1 aromatic heterocycles. The summed E-state index contributed by atoms with van der Waals surface area (Å²) in [4.78, 5) is 24.6. The minimum atomic E-state index is -0.409. The molecule has 6 nitrogen and oxygen atoms in total. The molecule has 2 aromatic rings. The average molecular weight is 371 g/mol. The van der Waals surface area contributed by atoms with Gasteiger partial charge in [-0.3, -0.25) is 9.48 Å². The van der Waals surface area contributed by atoms with Crippen molar-refractivity contribution in [3.8, 4) is 0 Å². The van der Waals surface area contributed by atoms with Crippen LogP contribution in [0.2, 0.25) is 0 Å². The van der Waals surface area contributed by atoms with Crippen LogP contribution in [0.3, 0.4) is 0 Å². The van der Waals surface area contributed by atoms with Gasteiger partial charge in [0.2, 0.25) is 5.91 Å². The number of aryl methyl sites for hydroxylation is 2. The number of nitrogens with one attached hydrogen (secondary N) is 1. The van der Waals surface area contributed by atoms with Gasteiger partial charge in [0.1, 0.15) is 0 Å². The molecule has 6 heteroatoms. The van der Waals surface area contributed by atoms with Crippen molar-refractivity contribution in [2.75, 3.05) is 12.4 Å². The van der Waals surface area contributed by atoms with E-state index in [4.69, 9.17) is 4.74 Å². The molecule has 0 saturated carbocycles. The molecule has 0 spiro atoms. The summed E-state index contributed by atoms with van der Waals surface area (Å²) in [6, 6.07) is 3.52. The molecule has 146 valence electrons. The number of rotatable bonds is 6. The van der Waals surface area contributed by atoms with E-state index in [1.165, 1.54) is 7.11 Å². The van der Waals surface area contributed by atoms with Crippen molar-refractivity contribution in [1.29, 1.82) is 0 Å². The minimum absolute atomic E-state index is 0.135. The fourth-order valence-corrected chi connectivity index (χ4v) is 3.13. The van der Waals surface area contributed by atoms with Gasteiger partial charge in [0.25, 0.3) is 0 Å². The Morgan fingerprint density at radius 3 is 2.44 bits per heavy atom. The lowest BCUT2D eigenvalue weighted by Gasteiger charge is -2.12. The van der Waals surface area contributed by atoms with Gasteiger partial charge in [0.15, 0.2) is 0 Å². The van der Waals surface area contributed by atoms with Crippen LogP contribution in [0.1, 0.15) is 52.3 Å². The monoisotopic (exact) mass is 371 g/mol. The SMILES string of the molecule is COC(=O)c1cc(NC(=O)Cc2c(C)nn(CC(C)C)c2C)cc(C)c1C. The van der Waals surface area contributed by atoms with Crippen molar-refractivity contribution in [3.05, 3.63) is 45.8 Å². The molecule has 0 saturated heterocycles. The molecule has 0 radical (unpaired) electrons. The second-order valence-electron chi connectivity index (χ2n) is 7.41. The summed E-state index contributed by atoms with van der Waals surface area (Å²) in [5.41, 5.74) is 5.67. The summed E-state index contributed by atoms with van der Waals surface area (Å²) in [5.74, 6) is -0.0605. The first-order chi connectivity index (χ1) is 12.6. The Balaban J connectivity index is 2.21. The van der Waals surface area contributed by atoms with Crippen LogP contribution in [0.25, 0.3) is 0 Å². The zero-order valence-electron chi connectivity index (χ0n) is 17.3. The number of hydrogen-bond donors (Lipinski definition) is 1. The van der Waals surface area contributed by atoms with E-state index in [0.717, 1.165) is 34.6 Å². The Kier molecular flexibility index (Phi) is 6.41. The molecule has 1 amide bonds. The Hall–Kier alpha value is -2.63. The number of hydrogen-bond acceptors (Lipinski definition) is 4. The number of esters is 1. The predicted octanol–water partition coefficient (Wildman–Crippen LogP) is 3.74. The molecular formula is C21H29N3O3.